The first-order chi connectivity index (χ1) is 16.0. The maximum atomic E-state index is 15.1. The molecule has 0 bridgehead atoms. The van der Waals surface area contributed by atoms with Crippen LogP contribution in [0.25, 0.3) is 0 Å². The second-order valence-corrected chi connectivity index (χ2v) is 10.0. The normalized spacial score (nSPS) is 24.1. The largest absolute Gasteiger partial charge is 0.463 e. The number of carbonyl (C=O) groups is 1. The molecule has 180 valence electrons. The van der Waals surface area contributed by atoms with Gasteiger partial charge in [-0.15, -0.1) is 6.42 Å². The Morgan fingerprint density at radius 2 is 2.15 bits per heavy atom. The first-order valence-electron chi connectivity index (χ1n) is 10.6. The highest BCUT2D eigenvalue weighted by Gasteiger charge is 2.50. The van der Waals surface area contributed by atoms with Crippen molar-refractivity contribution in [2.24, 2.45) is 16.6 Å². The number of anilines is 1. The van der Waals surface area contributed by atoms with Crippen LogP contribution < -0.4 is 15.8 Å². The lowest BCUT2D eigenvalue weighted by molar-refractivity contribution is 0.102. The number of aromatic nitrogens is 2. The van der Waals surface area contributed by atoms with Gasteiger partial charge in [0, 0.05) is 29.0 Å². The monoisotopic (exact) mass is 485 g/mol. The van der Waals surface area contributed by atoms with Gasteiger partial charge in [-0.3, -0.25) is 9.79 Å². The van der Waals surface area contributed by atoms with E-state index in [-0.39, 0.29) is 24.1 Å². The fourth-order valence-electron chi connectivity index (χ4n) is 4.05. The Bertz CT molecular complexity index is 1170. The Morgan fingerprint density at radius 1 is 1.41 bits per heavy atom. The SMILES string of the molecule is C#CCOc1cnc(C(=O)Nc2ccc(F)c([C@@]3(C)N=C(N)S[C@](C)(COC)[C@H]3C)c2)c(C)n1. The summed E-state index contributed by atoms with van der Waals surface area (Å²) in [5.74, 6) is 1.49. The van der Waals surface area contributed by atoms with E-state index in [4.69, 9.17) is 21.6 Å². The molecule has 0 unspecified atom stereocenters. The van der Waals surface area contributed by atoms with Crippen LogP contribution in [0.4, 0.5) is 10.1 Å². The number of terminal acetylenes is 1. The minimum Gasteiger partial charge on any atom is -0.463 e. The molecule has 0 fully saturated rings. The number of amidine groups is 1. The summed E-state index contributed by atoms with van der Waals surface area (Å²) in [5, 5.41) is 3.12. The molecule has 0 saturated heterocycles. The van der Waals surface area contributed by atoms with Crippen molar-refractivity contribution in [1.82, 2.24) is 9.97 Å². The fourth-order valence-corrected chi connectivity index (χ4v) is 5.35. The van der Waals surface area contributed by atoms with E-state index in [1.54, 1.807) is 20.1 Å². The number of nitrogens with one attached hydrogen (secondary N) is 1. The lowest BCUT2D eigenvalue weighted by Crippen LogP contribution is -2.50. The molecule has 0 spiro atoms. The van der Waals surface area contributed by atoms with Gasteiger partial charge in [0.25, 0.3) is 5.91 Å². The molecule has 0 aliphatic carbocycles. The number of rotatable bonds is 7. The van der Waals surface area contributed by atoms with Gasteiger partial charge in [0.15, 0.2) is 11.8 Å². The highest BCUT2D eigenvalue weighted by Crippen LogP contribution is 2.50. The van der Waals surface area contributed by atoms with E-state index in [0.29, 0.717) is 28.7 Å². The summed E-state index contributed by atoms with van der Waals surface area (Å²) in [6.07, 6.45) is 6.50. The van der Waals surface area contributed by atoms with E-state index in [1.165, 1.54) is 30.1 Å². The van der Waals surface area contributed by atoms with Crippen LogP contribution in [-0.2, 0) is 10.3 Å². The van der Waals surface area contributed by atoms with Crippen molar-refractivity contribution >= 4 is 28.5 Å². The molecule has 34 heavy (non-hydrogen) atoms. The van der Waals surface area contributed by atoms with E-state index in [2.05, 4.69) is 26.2 Å². The van der Waals surface area contributed by atoms with Crippen molar-refractivity contribution in [3.8, 4) is 18.2 Å². The van der Waals surface area contributed by atoms with Crippen LogP contribution in [0.2, 0.25) is 0 Å². The Labute approximate surface area is 202 Å². The molecule has 10 heteroatoms. The predicted octanol–water partition coefficient (Wildman–Crippen LogP) is 3.51. The smallest absolute Gasteiger partial charge is 0.276 e. The molecule has 3 N–H and O–H groups in total. The van der Waals surface area contributed by atoms with Gasteiger partial charge in [-0.2, -0.15) is 0 Å². The van der Waals surface area contributed by atoms with Crippen LogP contribution in [0.3, 0.4) is 0 Å². The third kappa shape index (κ3) is 5.00. The van der Waals surface area contributed by atoms with Gasteiger partial charge >= 0.3 is 0 Å². The third-order valence-electron chi connectivity index (χ3n) is 6.08. The van der Waals surface area contributed by atoms with Crippen molar-refractivity contribution < 1.29 is 18.7 Å². The Kier molecular flexibility index (Phi) is 7.48. The van der Waals surface area contributed by atoms with E-state index in [9.17, 15) is 4.79 Å². The van der Waals surface area contributed by atoms with Crippen LogP contribution in [-0.4, -0.2) is 46.1 Å². The zero-order valence-electron chi connectivity index (χ0n) is 19.8. The molecule has 1 aliphatic rings. The minimum atomic E-state index is -0.973. The summed E-state index contributed by atoms with van der Waals surface area (Å²) in [6, 6.07) is 4.37. The number of aryl methyl sites for hydroxylation is 1. The molecular weight excluding hydrogens is 457 g/mol. The number of thioether (sulfide) groups is 1. The molecule has 8 nitrogen and oxygen atoms in total. The average molecular weight is 486 g/mol. The summed E-state index contributed by atoms with van der Waals surface area (Å²) in [6.45, 7) is 7.96. The Hall–Kier alpha value is -3.16. The van der Waals surface area contributed by atoms with Crippen molar-refractivity contribution in [1.29, 1.82) is 0 Å². The van der Waals surface area contributed by atoms with E-state index < -0.39 is 22.0 Å². The van der Waals surface area contributed by atoms with E-state index in [1.807, 2.05) is 20.8 Å². The number of nitrogens with zero attached hydrogens (tertiary/aromatic N) is 3. The number of ether oxygens (including phenoxy) is 2. The van der Waals surface area contributed by atoms with Gasteiger partial charge in [0.2, 0.25) is 5.88 Å². The lowest BCUT2D eigenvalue weighted by atomic mass is 9.74. The minimum absolute atomic E-state index is 0.0458. The zero-order valence-corrected chi connectivity index (χ0v) is 20.6. The molecule has 3 atom stereocenters. The number of benzene rings is 1. The highest BCUT2D eigenvalue weighted by molar-refractivity contribution is 8.15. The van der Waals surface area contributed by atoms with Gasteiger partial charge < -0.3 is 20.5 Å². The van der Waals surface area contributed by atoms with Crippen LogP contribution in [0, 0.1) is 31.0 Å². The molecule has 1 aromatic heterocycles. The first kappa shape index (κ1) is 25.5. The maximum Gasteiger partial charge on any atom is 0.276 e. The standard InChI is InChI=1S/C24H28FN5O3S/c1-7-10-33-19-12-27-20(14(2)28-19)21(31)29-16-8-9-18(25)17(11-16)24(5)15(3)23(4,13-32-6)34-22(26)30-24/h1,8-9,11-12,15H,10,13H2,2-6H3,(H2,26,30)(H,29,31)/t15-,23-,24+/m1/s1. The lowest BCUT2D eigenvalue weighted by Gasteiger charge is -2.47. The summed E-state index contributed by atoms with van der Waals surface area (Å²) in [4.78, 5) is 25.8. The molecular formula is C24H28FN5O3S. The zero-order chi connectivity index (χ0) is 25.1. The predicted molar refractivity (Wildman–Crippen MR) is 131 cm³/mol. The van der Waals surface area contributed by atoms with Gasteiger partial charge in [0.1, 0.15) is 11.5 Å². The first-order valence-corrected chi connectivity index (χ1v) is 11.4. The van der Waals surface area contributed by atoms with Crippen molar-refractivity contribution in [3.05, 3.63) is 47.2 Å². The van der Waals surface area contributed by atoms with E-state index >= 15 is 4.39 Å². The Balaban J connectivity index is 1.92. The molecule has 1 amide bonds. The van der Waals surface area contributed by atoms with E-state index in [0.717, 1.165) is 0 Å². The second-order valence-electron chi connectivity index (χ2n) is 8.45. The fraction of sp³-hybridized carbons (Fsp3) is 0.417. The summed E-state index contributed by atoms with van der Waals surface area (Å²) in [5.41, 5.74) is 6.37. The molecule has 3 rings (SSSR count). The Morgan fingerprint density at radius 3 is 2.79 bits per heavy atom. The summed E-state index contributed by atoms with van der Waals surface area (Å²) in [7, 11) is 1.62. The number of aliphatic imine (C=N–C) groups is 1. The quantitative estimate of drug-likeness (QED) is 0.577. The molecule has 1 aromatic carbocycles. The topological polar surface area (TPSA) is 112 Å². The molecule has 0 saturated carbocycles. The van der Waals surface area contributed by atoms with Crippen LogP contribution in [0.1, 0.15) is 42.5 Å². The van der Waals surface area contributed by atoms with Gasteiger partial charge in [-0.1, -0.05) is 24.6 Å². The molecule has 2 aromatic rings. The van der Waals surface area contributed by atoms with Gasteiger partial charge in [-0.25, -0.2) is 14.4 Å². The number of carbonyl (C=O) groups excluding carboxylic acids is 1. The average Bonchev–Trinajstić information content (AvgIpc) is 2.77. The maximum absolute atomic E-state index is 15.1. The third-order valence-corrected chi connectivity index (χ3v) is 7.32. The summed E-state index contributed by atoms with van der Waals surface area (Å²) >= 11 is 1.42. The number of nitrogens with two attached hydrogens (primary N) is 1. The molecule has 2 heterocycles. The number of methoxy groups -OCH3 is 1. The van der Waals surface area contributed by atoms with Crippen LogP contribution >= 0.6 is 11.8 Å². The summed E-state index contributed by atoms with van der Waals surface area (Å²) < 4.78 is 25.3. The highest BCUT2D eigenvalue weighted by atomic mass is 32.2. The van der Waals surface area contributed by atoms with Gasteiger partial charge in [0.05, 0.1) is 24.0 Å². The van der Waals surface area contributed by atoms with Crippen molar-refractivity contribution in [2.45, 2.75) is 38.0 Å². The van der Waals surface area contributed by atoms with Crippen LogP contribution in [0.15, 0.2) is 29.4 Å². The van der Waals surface area contributed by atoms with Crippen molar-refractivity contribution in [3.63, 3.8) is 0 Å². The number of halogens is 1. The van der Waals surface area contributed by atoms with Crippen molar-refractivity contribution in [2.75, 3.05) is 25.6 Å². The van der Waals surface area contributed by atoms with Gasteiger partial charge in [-0.05, 0) is 39.0 Å². The number of hydrogen-bond donors (Lipinski definition) is 2. The molecule has 1 aliphatic heterocycles. The van der Waals surface area contributed by atoms with Crippen LogP contribution in [0.5, 0.6) is 5.88 Å². The number of hydrogen-bond acceptors (Lipinski definition) is 8. The molecule has 0 radical (unpaired) electrons. The second kappa shape index (κ2) is 9.99. The number of amides is 1.